The van der Waals surface area contributed by atoms with Crippen LogP contribution in [0.1, 0.15) is 18.4 Å². The lowest BCUT2D eigenvalue weighted by molar-refractivity contribution is 0.353. The van der Waals surface area contributed by atoms with Crippen LogP contribution in [0.25, 0.3) is 0 Å². The molecule has 0 spiro atoms. The van der Waals surface area contributed by atoms with Crippen molar-refractivity contribution < 1.29 is 9.47 Å². The molecule has 0 bridgehead atoms. The Balaban J connectivity index is 3.26. The Labute approximate surface area is 124 Å². The Hall–Kier alpha value is -1.11. The summed E-state index contributed by atoms with van der Waals surface area (Å²) in [7, 11) is 3.14. The van der Waals surface area contributed by atoms with Gasteiger partial charge in [0.25, 0.3) is 0 Å². The maximum Gasteiger partial charge on any atom is 0.161 e. The van der Waals surface area contributed by atoms with Crippen LogP contribution in [0.5, 0.6) is 11.5 Å². The van der Waals surface area contributed by atoms with Crippen molar-refractivity contribution >= 4 is 23.2 Å². The largest absolute Gasteiger partial charge is 0.493 e. The normalized spacial score (nSPS) is 10.9. The number of halogens is 2. The molecule has 1 aromatic carbocycles. The van der Waals surface area contributed by atoms with Gasteiger partial charge in [-0.1, -0.05) is 6.07 Å². The highest BCUT2D eigenvalue weighted by Crippen LogP contribution is 2.37. The monoisotopic (exact) mass is 301 g/mol. The zero-order chi connectivity index (χ0) is 14.3. The third-order valence-corrected chi connectivity index (χ3v) is 3.57. The predicted octanol–water partition coefficient (Wildman–Crippen LogP) is 3.72. The number of rotatable bonds is 7. The van der Waals surface area contributed by atoms with Gasteiger partial charge in [-0.15, -0.1) is 23.2 Å². The van der Waals surface area contributed by atoms with E-state index in [1.807, 2.05) is 12.1 Å². The number of methoxy groups -OCH3 is 2. The van der Waals surface area contributed by atoms with Gasteiger partial charge in [0.05, 0.1) is 25.7 Å². The maximum atomic E-state index is 9.54. The van der Waals surface area contributed by atoms with Crippen molar-refractivity contribution in [3.05, 3.63) is 23.8 Å². The molecule has 0 atom stereocenters. The van der Waals surface area contributed by atoms with Gasteiger partial charge in [-0.25, -0.2) is 0 Å². The van der Waals surface area contributed by atoms with E-state index in [4.69, 9.17) is 32.7 Å². The van der Waals surface area contributed by atoms with Gasteiger partial charge in [0, 0.05) is 11.8 Å². The summed E-state index contributed by atoms with van der Waals surface area (Å²) in [5, 5.41) is 9.54. The number of nitriles is 1. The smallest absolute Gasteiger partial charge is 0.161 e. The topological polar surface area (TPSA) is 42.2 Å². The molecule has 0 unspecified atom stereocenters. The van der Waals surface area contributed by atoms with Gasteiger partial charge in [-0.3, -0.25) is 0 Å². The highest BCUT2D eigenvalue weighted by molar-refractivity contribution is 6.18. The average molecular weight is 302 g/mol. The first-order valence-electron chi connectivity index (χ1n) is 5.93. The van der Waals surface area contributed by atoms with Crippen LogP contribution in [-0.2, 0) is 5.41 Å². The van der Waals surface area contributed by atoms with E-state index in [-0.39, 0.29) is 0 Å². The summed E-state index contributed by atoms with van der Waals surface area (Å²) in [5.74, 6) is 2.04. The minimum atomic E-state index is -0.678. The average Bonchev–Trinajstić information content (AvgIpc) is 2.46. The third-order valence-electron chi connectivity index (χ3n) is 3.19. The van der Waals surface area contributed by atoms with Crippen LogP contribution < -0.4 is 9.47 Å². The number of alkyl halides is 2. The molecule has 0 saturated carbocycles. The Kier molecular flexibility index (Phi) is 6.27. The van der Waals surface area contributed by atoms with Crippen molar-refractivity contribution in [3.8, 4) is 17.6 Å². The van der Waals surface area contributed by atoms with Gasteiger partial charge in [0.1, 0.15) is 0 Å². The molecule has 0 aromatic heterocycles. The quantitative estimate of drug-likeness (QED) is 0.721. The molecular formula is C14H17Cl2NO2. The standard InChI is InChI=1S/C14H17Cl2NO2/c1-18-12-4-3-11(9-13(12)19-2)14(10-17,5-7-15)6-8-16/h3-4,9H,5-8H2,1-2H3. The minimum Gasteiger partial charge on any atom is -0.493 e. The molecule has 19 heavy (non-hydrogen) atoms. The molecule has 0 heterocycles. The molecule has 1 rings (SSSR count). The molecule has 0 aliphatic carbocycles. The fourth-order valence-electron chi connectivity index (χ4n) is 2.05. The summed E-state index contributed by atoms with van der Waals surface area (Å²) in [6, 6.07) is 7.84. The number of benzene rings is 1. The minimum absolute atomic E-state index is 0.402. The second kappa shape index (κ2) is 7.47. The van der Waals surface area contributed by atoms with E-state index >= 15 is 0 Å². The molecule has 1 aromatic rings. The van der Waals surface area contributed by atoms with E-state index in [9.17, 15) is 5.26 Å². The lowest BCUT2D eigenvalue weighted by Crippen LogP contribution is -2.25. The third kappa shape index (κ3) is 3.46. The van der Waals surface area contributed by atoms with Crippen LogP contribution in [0.2, 0.25) is 0 Å². The first-order valence-corrected chi connectivity index (χ1v) is 7.00. The summed E-state index contributed by atoms with van der Waals surface area (Å²) in [5.41, 5.74) is 0.178. The predicted molar refractivity (Wildman–Crippen MR) is 77.5 cm³/mol. The van der Waals surface area contributed by atoms with Crippen LogP contribution in [0.4, 0.5) is 0 Å². The van der Waals surface area contributed by atoms with Crippen LogP contribution in [0, 0.1) is 11.3 Å². The Morgan fingerprint density at radius 1 is 1.11 bits per heavy atom. The molecule has 0 N–H and O–H groups in total. The fourth-order valence-corrected chi connectivity index (χ4v) is 2.69. The zero-order valence-corrected chi connectivity index (χ0v) is 12.6. The molecule has 0 amide bonds. The van der Waals surface area contributed by atoms with Crippen molar-refractivity contribution in [1.82, 2.24) is 0 Å². The SMILES string of the molecule is COc1ccc(C(C#N)(CCCl)CCCl)cc1OC. The molecule has 0 aliphatic heterocycles. The van der Waals surface area contributed by atoms with Crippen LogP contribution >= 0.6 is 23.2 Å². The van der Waals surface area contributed by atoms with Crippen LogP contribution in [-0.4, -0.2) is 26.0 Å². The first-order chi connectivity index (χ1) is 9.17. The van der Waals surface area contributed by atoms with Gasteiger partial charge in [-0.05, 0) is 30.5 Å². The Morgan fingerprint density at radius 2 is 1.68 bits per heavy atom. The van der Waals surface area contributed by atoms with Gasteiger partial charge >= 0.3 is 0 Å². The van der Waals surface area contributed by atoms with Crippen LogP contribution in [0.15, 0.2) is 18.2 Å². The maximum absolute atomic E-state index is 9.54. The molecule has 0 fully saturated rings. The summed E-state index contributed by atoms with van der Waals surface area (Å²) in [4.78, 5) is 0. The molecular weight excluding hydrogens is 285 g/mol. The van der Waals surface area contributed by atoms with Gasteiger partial charge in [-0.2, -0.15) is 5.26 Å². The summed E-state index contributed by atoms with van der Waals surface area (Å²) in [6.45, 7) is 0. The zero-order valence-electron chi connectivity index (χ0n) is 11.1. The molecule has 104 valence electrons. The summed E-state index contributed by atoms with van der Waals surface area (Å²) in [6.07, 6.45) is 1.10. The van der Waals surface area contributed by atoms with E-state index in [1.165, 1.54) is 0 Å². The van der Waals surface area contributed by atoms with Crippen LogP contribution in [0.3, 0.4) is 0 Å². The van der Waals surface area contributed by atoms with Crippen molar-refractivity contribution in [2.45, 2.75) is 18.3 Å². The second-order valence-corrected chi connectivity index (χ2v) is 4.90. The van der Waals surface area contributed by atoms with Gasteiger partial charge < -0.3 is 9.47 Å². The molecule has 0 radical (unpaired) electrons. The molecule has 0 aliphatic rings. The Bertz CT molecular complexity index is 451. The molecule has 5 heteroatoms. The molecule has 3 nitrogen and oxygen atoms in total. The second-order valence-electron chi connectivity index (χ2n) is 4.14. The highest BCUT2D eigenvalue weighted by atomic mass is 35.5. The Morgan fingerprint density at radius 3 is 2.11 bits per heavy atom. The first kappa shape index (κ1) is 15.9. The van der Waals surface area contributed by atoms with Crippen molar-refractivity contribution in [2.75, 3.05) is 26.0 Å². The highest BCUT2D eigenvalue weighted by Gasteiger charge is 2.32. The van der Waals surface area contributed by atoms with E-state index < -0.39 is 5.41 Å². The molecule has 0 saturated heterocycles. The van der Waals surface area contributed by atoms with E-state index in [0.717, 1.165) is 5.56 Å². The van der Waals surface area contributed by atoms with Crippen molar-refractivity contribution in [1.29, 1.82) is 5.26 Å². The van der Waals surface area contributed by atoms with Crippen molar-refractivity contribution in [3.63, 3.8) is 0 Å². The number of hydrogen-bond acceptors (Lipinski definition) is 3. The van der Waals surface area contributed by atoms with Gasteiger partial charge in [0.15, 0.2) is 11.5 Å². The number of hydrogen-bond donors (Lipinski definition) is 0. The van der Waals surface area contributed by atoms with E-state index in [1.54, 1.807) is 20.3 Å². The summed E-state index contributed by atoms with van der Waals surface area (Å²) < 4.78 is 10.5. The van der Waals surface area contributed by atoms with Gasteiger partial charge in [0.2, 0.25) is 0 Å². The van der Waals surface area contributed by atoms with E-state index in [2.05, 4.69) is 6.07 Å². The van der Waals surface area contributed by atoms with E-state index in [0.29, 0.717) is 36.1 Å². The summed E-state index contributed by atoms with van der Waals surface area (Å²) >= 11 is 11.7. The van der Waals surface area contributed by atoms with Crippen molar-refractivity contribution in [2.24, 2.45) is 0 Å². The lowest BCUT2D eigenvalue weighted by Gasteiger charge is -2.26. The number of nitrogens with zero attached hydrogens (tertiary/aromatic N) is 1. The lowest BCUT2D eigenvalue weighted by atomic mass is 9.77. The fraction of sp³-hybridized carbons (Fsp3) is 0.500. The number of ether oxygens (including phenoxy) is 2.